The summed E-state index contributed by atoms with van der Waals surface area (Å²) < 4.78 is 10.6. The van der Waals surface area contributed by atoms with Crippen molar-refractivity contribution in [2.45, 2.75) is 0 Å². The van der Waals surface area contributed by atoms with Crippen molar-refractivity contribution >= 4 is 0 Å². The Hall–Kier alpha value is -3.79. The molecule has 2 aromatic carbocycles. The number of hydrogen-bond acceptors (Lipinski definition) is 6. The Kier molecular flexibility index (Phi) is 4.35. The first kappa shape index (κ1) is 16.1. The number of aromatic hydroxyl groups is 1. The van der Waals surface area contributed by atoms with E-state index in [9.17, 15) is 9.90 Å². The van der Waals surface area contributed by atoms with Gasteiger partial charge >= 0.3 is 0 Å². The number of H-pyrrole nitrogens is 1. The fourth-order valence-corrected chi connectivity index (χ4v) is 2.23. The Morgan fingerprint density at radius 2 is 1.92 bits per heavy atom. The molecule has 0 aliphatic heterocycles. The minimum absolute atomic E-state index is 0.131. The number of nitrogens with one attached hydrogen (secondary N) is 1. The first-order valence-electron chi connectivity index (χ1n) is 7.27. The number of hydrogen-bond donors (Lipinski definition) is 2. The summed E-state index contributed by atoms with van der Waals surface area (Å²) in [5.41, 5.74) is 0.250. The van der Waals surface area contributed by atoms with Gasteiger partial charge in [0.2, 0.25) is 0 Å². The number of benzene rings is 2. The number of methoxy groups -OCH3 is 1. The zero-order valence-corrected chi connectivity index (χ0v) is 13.2. The quantitative estimate of drug-likeness (QED) is 0.759. The van der Waals surface area contributed by atoms with Gasteiger partial charge in [-0.25, -0.2) is 0 Å². The van der Waals surface area contributed by atoms with E-state index in [4.69, 9.17) is 14.7 Å². The van der Waals surface area contributed by atoms with Crippen LogP contribution in [0.15, 0.2) is 53.3 Å². The van der Waals surface area contributed by atoms with E-state index in [1.807, 2.05) is 6.07 Å². The predicted molar refractivity (Wildman–Crippen MR) is 89.7 cm³/mol. The lowest BCUT2D eigenvalue weighted by Crippen LogP contribution is -2.12. The van der Waals surface area contributed by atoms with E-state index in [2.05, 4.69) is 9.97 Å². The van der Waals surface area contributed by atoms with Gasteiger partial charge in [-0.05, 0) is 24.3 Å². The van der Waals surface area contributed by atoms with Gasteiger partial charge in [0.25, 0.3) is 17.2 Å². The molecule has 0 unspecified atom stereocenters. The van der Waals surface area contributed by atoms with Gasteiger partial charge in [0.15, 0.2) is 11.5 Å². The molecule has 7 nitrogen and oxygen atoms in total. The molecule has 124 valence electrons. The largest absolute Gasteiger partial charge is 0.493 e. The summed E-state index contributed by atoms with van der Waals surface area (Å²) >= 11 is 0. The Bertz CT molecular complexity index is 1020. The van der Waals surface area contributed by atoms with Gasteiger partial charge in [-0.1, -0.05) is 24.3 Å². The Balaban J connectivity index is 2.01. The number of rotatable bonds is 4. The molecule has 2 N–H and O–H groups in total. The van der Waals surface area contributed by atoms with Crippen LogP contribution in [-0.4, -0.2) is 22.2 Å². The Labute approximate surface area is 142 Å². The van der Waals surface area contributed by atoms with Crippen molar-refractivity contribution in [3.63, 3.8) is 0 Å². The van der Waals surface area contributed by atoms with Gasteiger partial charge in [0.05, 0.1) is 18.7 Å². The fourth-order valence-electron chi connectivity index (χ4n) is 2.23. The monoisotopic (exact) mass is 335 g/mol. The van der Waals surface area contributed by atoms with Crippen LogP contribution in [0, 0.1) is 11.3 Å². The van der Waals surface area contributed by atoms with E-state index in [0.717, 1.165) is 0 Å². The molecule has 0 fully saturated rings. The van der Waals surface area contributed by atoms with Crippen molar-refractivity contribution in [1.29, 1.82) is 5.26 Å². The van der Waals surface area contributed by atoms with E-state index in [0.29, 0.717) is 16.9 Å². The van der Waals surface area contributed by atoms with Crippen LogP contribution in [0.2, 0.25) is 0 Å². The molecular weight excluding hydrogens is 322 g/mol. The number of nitriles is 1. The van der Waals surface area contributed by atoms with Crippen LogP contribution in [0.4, 0.5) is 0 Å². The van der Waals surface area contributed by atoms with Crippen LogP contribution in [0.1, 0.15) is 5.56 Å². The molecule has 1 heterocycles. The maximum Gasteiger partial charge on any atom is 0.298 e. The van der Waals surface area contributed by atoms with Crippen molar-refractivity contribution in [2.75, 3.05) is 7.11 Å². The predicted octanol–water partition coefficient (Wildman–Crippen LogP) is 2.82. The van der Waals surface area contributed by atoms with Crippen LogP contribution in [0.25, 0.3) is 11.4 Å². The zero-order chi connectivity index (χ0) is 17.8. The van der Waals surface area contributed by atoms with Crippen molar-refractivity contribution in [3.05, 3.63) is 64.4 Å². The number of ether oxygens (including phenoxy) is 2. The van der Waals surface area contributed by atoms with Gasteiger partial charge in [-0.2, -0.15) is 10.2 Å². The molecule has 0 spiro atoms. The van der Waals surface area contributed by atoms with Gasteiger partial charge in [0.1, 0.15) is 5.82 Å². The first-order valence-corrected chi connectivity index (χ1v) is 7.27. The van der Waals surface area contributed by atoms with Crippen LogP contribution in [-0.2, 0) is 0 Å². The highest BCUT2D eigenvalue weighted by atomic mass is 16.5. The van der Waals surface area contributed by atoms with E-state index in [-0.39, 0.29) is 17.3 Å². The summed E-state index contributed by atoms with van der Waals surface area (Å²) in [5.74, 6) is -0.0948. The molecule has 3 aromatic rings. The van der Waals surface area contributed by atoms with Crippen LogP contribution >= 0.6 is 0 Å². The third-order valence-corrected chi connectivity index (χ3v) is 3.41. The highest BCUT2D eigenvalue weighted by molar-refractivity contribution is 5.59. The molecule has 0 aliphatic carbocycles. The second kappa shape index (κ2) is 6.76. The van der Waals surface area contributed by atoms with E-state index in [1.54, 1.807) is 48.5 Å². The third kappa shape index (κ3) is 3.28. The molecular formula is C18H13N3O4. The minimum atomic E-state index is -0.657. The Morgan fingerprint density at radius 1 is 1.16 bits per heavy atom. The smallest absolute Gasteiger partial charge is 0.298 e. The molecule has 1 aromatic heterocycles. The van der Waals surface area contributed by atoms with Crippen molar-refractivity contribution in [2.24, 2.45) is 0 Å². The summed E-state index contributed by atoms with van der Waals surface area (Å²) in [6.07, 6.45) is 0. The van der Waals surface area contributed by atoms with Crippen molar-refractivity contribution in [1.82, 2.24) is 9.97 Å². The maximum atomic E-state index is 12.3. The second-order valence-corrected chi connectivity index (χ2v) is 5.01. The number of nitrogens with zero attached hydrogens (tertiary/aromatic N) is 2. The molecule has 0 amide bonds. The highest BCUT2D eigenvalue weighted by Gasteiger charge is 2.16. The topological polar surface area (TPSA) is 108 Å². The van der Waals surface area contributed by atoms with Crippen LogP contribution < -0.4 is 15.0 Å². The SMILES string of the molecule is COc1ccccc1Oc1c(O)nc(-c2cccc(C#N)c2)[nH]c1=O. The van der Waals surface area contributed by atoms with E-state index in [1.165, 1.54) is 7.11 Å². The molecule has 0 aliphatic rings. The average Bonchev–Trinajstić information content (AvgIpc) is 2.64. The van der Waals surface area contributed by atoms with E-state index < -0.39 is 11.4 Å². The van der Waals surface area contributed by atoms with Crippen LogP contribution in [0.3, 0.4) is 0 Å². The van der Waals surface area contributed by atoms with E-state index >= 15 is 0 Å². The van der Waals surface area contributed by atoms with Gasteiger partial charge < -0.3 is 19.6 Å². The number of aromatic nitrogens is 2. The summed E-state index contributed by atoms with van der Waals surface area (Å²) in [4.78, 5) is 18.8. The summed E-state index contributed by atoms with van der Waals surface area (Å²) in [5, 5.41) is 19.1. The summed E-state index contributed by atoms with van der Waals surface area (Å²) in [6.45, 7) is 0. The summed E-state index contributed by atoms with van der Waals surface area (Å²) in [7, 11) is 1.47. The second-order valence-electron chi connectivity index (χ2n) is 5.01. The average molecular weight is 335 g/mol. The molecule has 25 heavy (non-hydrogen) atoms. The van der Waals surface area contributed by atoms with Gasteiger partial charge in [-0.3, -0.25) is 4.79 Å². The number of aromatic amines is 1. The standard InChI is InChI=1S/C18H13N3O4/c1-24-13-7-2-3-8-14(13)25-15-17(22)20-16(21-18(15)23)12-6-4-5-11(9-12)10-19/h2-9H,1H3,(H2,20,21,22,23). The summed E-state index contributed by atoms with van der Waals surface area (Å²) in [6, 6.07) is 15.2. The molecule has 0 saturated carbocycles. The minimum Gasteiger partial charge on any atom is -0.493 e. The first-order chi connectivity index (χ1) is 12.1. The Morgan fingerprint density at radius 3 is 2.60 bits per heavy atom. The fraction of sp³-hybridized carbons (Fsp3) is 0.0556. The van der Waals surface area contributed by atoms with Crippen molar-refractivity contribution < 1.29 is 14.6 Å². The van der Waals surface area contributed by atoms with Gasteiger partial charge in [0, 0.05) is 5.56 Å². The lowest BCUT2D eigenvalue weighted by Gasteiger charge is -2.10. The molecule has 7 heteroatoms. The lowest BCUT2D eigenvalue weighted by atomic mass is 10.1. The molecule has 3 rings (SSSR count). The molecule has 0 radical (unpaired) electrons. The van der Waals surface area contributed by atoms with Gasteiger partial charge in [-0.15, -0.1) is 0 Å². The zero-order valence-electron chi connectivity index (χ0n) is 13.2. The molecule has 0 saturated heterocycles. The number of para-hydroxylation sites is 2. The third-order valence-electron chi connectivity index (χ3n) is 3.41. The maximum absolute atomic E-state index is 12.3. The molecule has 0 atom stereocenters. The highest BCUT2D eigenvalue weighted by Crippen LogP contribution is 2.33. The van der Waals surface area contributed by atoms with Crippen LogP contribution in [0.5, 0.6) is 23.1 Å². The normalized spacial score (nSPS) is 10.1. The van der Waals surface area contributed by atoms with Crippen molar-refractivity contribution in [3.8, 4) is 40.6 Å². The lowest BCUT2D eigenvalue weighted by molar-refractivity contribution is 0.358. The molecule has 0 bridgehead atoms.